The number of hydrogen-bond donors (Lipinski definition) is 0. The van der Waals surface area contributed by atoms with E-state index < -0.39 is 0 Å². The molecule has 0 aliphatic rings. The number of nitriles is 3. The van der Waals surface area contributed by atoms with Crippen LogP contribution < -0.4 is 0 Å². The third-order valence-electron chi connectivity index (χ3n) is 10.2. The molecule has 53 heavy (non-hydrogen) atoms. The average molecular weight is 675 g/mol. The summed E-state index contributed by atoms with van der Waals surface area (Å²) in [5, 5.41) is 37.6. The van der Waals surface area contributed by atoms with Gasteiger partial charge in [-0.2, -0.15) is 15.8 Å². The smallest absolute Gasteiger partial charge is 0.213 e. The van der Waals surface area contributed by atoms with Crippen molar-refractivity contribution in [2.24, 2.45) is 0 Å². The third-order valence-corrected chi connectivity index (χ3v) is 10.2. The second kappa shape index (κ2) is 11.2. The van der Waals surface area contributed by atoms with Gasteiger partial charge in [-0.25, -0.2) is 4.85 Å². The molecule has 3 aromatic heterocycles. The molecule has 0 N–H and O–H groups in total. The quantitative estimate of drug-likeness (QED) is 0.174. The Balaban J connectivity index is 1.31. The normalized spacial score (nSPS) is 11.3. The van der Waals surface area contributed by atoms with Crippen LogP contribution in [0.5, 0.6) is 0 Å². The minimum atomic E-state index is -0.0217. The molecule has 0 saturated heterocycles. The molecule has 0 atom stereocenters. The zero-order valence-corrected chi connectivity index (χ0v) is 27.8. The lowest BCUT2D eigenvalue weighted by Gasteiger charge is -2.17. The molecular formula is C46H22N6O. The molecule has 7 aromatic carbocycles. The van der Waals surface area contributed by atoms with Crippen molar-refractivity contribution in [3.63, 3.8) is 0 Å². The Kier molecular flexibility index (Phi) is 6.30. The van der Waals surface area contributed by atoms with E-state index in [2.05, 4.69) is 39.8 Å². The molecule has 0 amide bonds. The third kappa shape index (κ3) is 4.11. The van der Waals surface area contributed by atoms with Gasteiger partial charge < -0.3 is 13.6 Å². The van der Waals surface area contributed by atoms with E-state index in [1.54, 1.807) is 6.07 Å². The summed E-state index contributed by atoms with van der Waals surface area (Å²) < 4.78 is 10.6. The van der Waals surface area contributed by atoms with E-state index in [9.17, 15) is 15.8 Å². The molecule has 0 bridgehead atoms. The first-order valence-corrected chi connectivity index (χ1v) is 16.9. The highest BCUT2D eigenvalue weighted by Crippen LogP contribution is 2.45. The second-order valence-electron chi connectivity index (χ2n) is 12.9. The monoisotopic (exact) mass is 674 g/mol. The maximum absolute atomic E-state index is 10.7. The van der Waals surface area contributed by atoms with Gasteiger partial charge in [-0.3, -0.25) is 0 Å². The Morgan fingerprint density at radius 3 is 1.83 bits per heavy atom. The van der Waals surface area contributed by atoms with Crippen LogP contribution in [0, 0.1) is 40.6 Å². The maximum atomic E-state index is 10.7. The number of furan rings is 1. The zero-order valence-electron chi connectivity index (χ0n) is 27.8. The van der Waals surface area contributed by atoms with E-state index in [0.29, 0.717) is 22.4 Å². The largest absolute Gasteiger partial charge is 0.455 e. The molecule has 0 fully saturated rings. The fourth-order valence-corrected chi connectivity index (χ4v) is 8.05. The highest BCUT2D eigenvalue weighted by atomic mass is 16.3. The number of benzene rings is 7. The van der Waals surface area contributed by atoms with Crippen molar-refractivity contribution < 1.29 is 4.42 Å². The summed E-state index contributed by atoms with van der Waals surface area (Å²) in [5.41, 5.74) is 7.78. The minimum absolute atomic E-state index is 0.0217. The zero-order chi connectivity index (χ0) is 35.8. The van der Waals surface area contributed by atoms with Crippen molar-refractivity contribution in [3.8, 4) is 40.7 Å². The summed E-state index contributed by atoms with van der Waals surface area (Å²) in [7, 11) is 0. The predicted octanol–water partition coefficient (Wildman–Crippen LogP) is 11.6. The van der Waals surface area contributed by atoms with Crippen molar-refractivity contribution in [1.82, 2.24) is 9.13 Å². The van der Waals surface area contributed by atoms with E-state index in [0.717, 1.165) is 71.2 Å². The number of aromatic nitrogens is 2. The van der Waals surface area contributed by atoms with Gasteiger partial charge in [0.05, 0.1) is 68.5 Å². The number of fused-ring (bicyclic) bond motifs is 10. The van der Waals surface area contributed by atoms with Crippen LogP contribution in [0.1, 0.15) is 16.7 Å². The first kappa shape index (κ1) is 29.8. The van der Waals surface area contributed by atoms with E-state index in [4.69, 9.17) is 11.0 Å². The number of nitrogens with zero attached hydrogens (tertiary/aromatic N) is 6. The van der Waals surface area contributed by atoms with Crippen LogP contribution in [-0.4, -0.2) is 9.13 Å². The molecule has 0 saturated carbocycles. The fourth-order valence-electron chi connectivity index (χ4n) is 8.05. The average Bonchev–Trinajstić information content (AvgIpc) is 3.87. The van der Waals surface area contributed by atoms with Crippen molar-refractivity contribution in [3.05, 3.63) is 162 Å². The van der Waals surface area contributed by atoms with Crippen LogP contribution in [0.3, 0.4) is 0 Å². The van der Waals surface area contributed by atoms with E-state index in [-0.39, 0.29) is 16.8 Å². The number of rotatable bonds is 3. The molecule has 3 heterocycles. The first-order chi connectivity index (χ1) is 26.1. The van der Waals surface area contributed by atoms with Gasteiger partial charge in [0, 0.05) is 32.6 Å². The molecule has 0 spiro atoms. The molecule has 0 aliphatic carbocycles. The summed E-state index contributed by atoms with van der Waals surface area (Å²) in [6, 6.07) is 50.3. The Hall–Kier alpha value is -8.10. The molecule has 10 rings (SSSR count). The summed E-state index contributed by atoms with van der Waals surface area (Å²) in [6.07, 6.45) is 0. The SMILES string of the molecule is [C-]#[N+]c1c(-c2cc(C#N)cc(-n3c4ccccc4c4ccccc43)c2)cc(-n2c3ccccc3c3c4oc5ccccc5c4ccc32)c(C#N)c1C#N. The standard InChI is InChI=1S/C46H22N6O/c1-50-45-35(28-20-27(24-47)21-29(22-28)51-38-14-6-2-10-30(38)31-11-3-7-15-39(31)51)23-42(36(25-48)37(45)26-49)52-40-16-8-4-13-34(40)44-41(52)19-18-33-32-12-5-9-17-43(32)53-46(33)44/h2-23H. The summed E-state index contributed by atoms with van der Waals surface area (Å²) in [6.45, 7) is 8.28. The molecule has 7 heteroatoms. The predicted molar refractivity (Wildman–Crippen MR) is 208 cm³/mol. The van der Waals surface area contributed by atoms with E-state index in [1.807, 2.05) is 120 Å². The lowest BCUT2D eigenvalue weighted by atomic mass is 9.94. The second-order valence-corrected chi connectivity index (χ2v) is 12.9. The van der Waals surface area contributed by atoms with Crippen molar-refractivity contribution in [1.29, 1.82) is 15.8 Å². The molecule has 0 aliphatic heterocycles. The molecule has 0 unspecified atom stereocenters. The summed E-state index contributed by atoms with van der Waals surface area (Å²) in [4.78, 5) is 3.85. The highest BCUT2D eigenvalue weighted by Gasteiger charge is 2.25. The van der Waals surface area contributed by atoms with Crippen LogP contribution in [0.15, 0.2) is 138 Å². The van der Waals surface area contributed by atoms with E-state index in [1.165, 1.54) is 0 Å². The number of para-hydroxylation sites is 4. The van der Waals surface area contributed by atoms with Gasteiger partial charge in [-0.1, -0.05) is 72.8 Å². The van der Waals surface area contributed by atoms with Crippen molar-refractivity contribution in [2.45, 2.75) is 0 Å². The fraction of sp³-hybridized carbons (Fsp3) is 0. The van der Waals surface area contributed by atoms with Crippen LogP contribution in [0.2, 0.25) is 0 Å². The molecule has 10 aromatic rings. The first-order valence-electron chi connectivity index (χ1n) is 16.9. The molecule has 242 valence electrons. The molecule has 7 nitrogen and oxygen atoms in total. The van der Waals surface area contributed by atoms with E-state index >= 15 is 0 Å². The summed E-state index contributed by atoms with van der Waals surface area (Å²) in [5.74, 6) is 0. The van der Waals surface area contributed by atoms with Gasteiger partial charge in [0.25, 0.3) is 0 Å². The van der Waals surface area contributed by atoms with Gasteiger partial charge in [0.1, 0.15) is 17.2 Å². The topological polar surface area (TPSA) is 98.7 Å². The summed E-state index contributed by atoms with van der Waals surface area (Å²) >= 11 is 0. The van der Waals surface area contributed by atoms with Crippen LogP contribution in [-0.2, 0) is 0 Å². The van der Waals surface area contributed by atoms with Gasteiger partial charge in [-0.15, -0.1) is 0 Å². The Labute approximate surface area is 302 Å². The van der Waals surface area contributed by atoms with Crippen LogP contribution in [0.4, 0.5) is 5.69 Å². The van der Waals surface area contributed by atoms with Crippen molar-refractivity contribution >= 4 is 71.2 Å². The minimum Gasteiger partial charge on any atom is -0.455 e. The highest BCUT2D eigenvalue weighted by molar-refractivity contribution is 6.24. The lowest BCUT2D eigenvalue weighted by Crippen LogP contribution is -2.02. The Morgan fingerprint density at radius 1 is 0.547 bits per heavy atom. The maximum Gasteiger partial charge on any atom is 0.213 e. The molecule has 0 radical (unpaired) electrons. The van der Waals surface area contributed by atoms with Crippen LogP contribution >= 0.6 is 0 Å². The lowest BCUT2D eigenvalue weighted by molar-refractivity contribution is 0.673. The van der Waals surface area contributed by atoms with Gasteiger partial charge >= 0.3 is 0 Å². The van der Waals surface area contributed by atoms with Crippen LogP contribution in [0.25, 0.3) is 92.9 Å². The van der Waals surface area contributed by atoms with Gasteiger partial charge in [-0.05, 0) is 71.8 Å². The van der Waals surface area contributed by atoms with Gasteiger partial charge in [0.2, 0.25) is 5.69 Å². The molecular weight excluding hydrogens is 653 g/mol. The van der Waals surface area contributed by atoms with Crippen molar-refractivity contribution in [2.75, 3.05) is 0 Å². The Bertz CT molecular complexity index is 3350. The Morgan fingerprint density at radius 2 is 1.17 bits per heavy atom. The van der Waals surface area contributed by atoms with Gasteiger partial charge in [0.15, 0.2) is 0 Å². The number of hydrogen-bond acceptors (Lipinski definition) is 4.